The normalized spacial score (nSPS) is 15.0. The summed E-state index contributed by atoms with van der Waals surface area (Å²) in [5, 5.41) is 3.09. The molecule has 0 aromatic heterocycles. The van der Waals surface area contributed by atoms with Gasteiger partial charge in [-0.3, -0.25) is 4.79 Å². The molecule has 0 spiro atoms. The van der Waals surface area contributed by atoms with E-state index in [-0.39, 0.29) is 11.9 Å². The van der Waals surface area contributed by atoms with Gasteiger partial charge in [0.25, 0.3) is 5.91 Å². The number of carbonyl (C=O) groups excluding carboxylic acids is 1. The molecule has 2 aromatic carbocycles. The molecule has 138 valence electrons. The van der Waals surface area contributed by atoms with Gasteiger partial charge in [-0.2, -0.15) is 0 Å². The van der Waals surface area contributed by atoms with Gasteiger partial charge < -0.3 is 14.8 Å². The van der Waals surface area contributed by atoms with Crippen LogP contribution in [0.15, 0.2) is 42.5 Å². The highest BCUT2D eigenvalue weighted by Crippen LogP contribution is 2.26. The Balaban J connectivity index is 1.64. The monoisotopic (exact) mass is 353 g/mol. The molecule has 1 aliphatic rings. The smallest absolute Gasteiger partial charge is 0.261 e. The molecule has 1 amide bonds. The molecule has 0 fully saturated rings. The fourth-order valence-corrected chi connectivity index (χ4v) is 3.41. The van der Waals surface area contributed by atoms with Gasteiger partial charge in [-0.1, -0.05) is 31.2 Å². The van der Waals surface area contributed by atoms with Crippen LogP contribution >= 0.6 is 0 Å². The standard InChI is InChI=1S/C22H27NO3/c1-4-21(26-20-10-6-9-19(14-20)25-3)22(24)23-15(2)17-12-11-16-7-5-8-18(16)13-17/h6,9-15,21H,4-5,7-8H2,1-3H3,(H,23,24)/t15-,21+/m1/s1. The van der Waals surface area contributed by atoms with E-state index >= 15 is 0 Å². The van der Waals surface area contributed by atoms with Crippen LogP contribution in [0.5, 0.6) is 11.5 Å². The van der Waals surface area contributed by atoms with Crippen molar-refractivity contribution in [2.45, 2.75) is 51.7 Å². The summed E-state index contributed by atoms with van der Waals surface area (Å²) in [6.07, 6.45) is 3.60. The van der Waals surface area contributed by atoms with Crippen LogP contribution in [0.25, 0.3) is 0 Å². The summed E-state index contributed by atoms with van der Waals surface area (Å²) in [4.78, 5) is 12.7. The Morgan fingerprint density at radius 3 is 2.65 bits per heavy atom. The zero-order chi connectivity index (χ0) is 18.5. The van der Waals surface area contributed by atoms with Crippen molar-refractivity contribution in [3.05, 3.63) is 59.2 Å². The molecule has 1 N–H and O–H groups in total. The topological polar surface area (TPSA) is 47.6 Å². The number of carbonyl (C=O) groups is 1. The Morgan fingerprint density at radius 2 is 1.88 bits per heavy atom. The first kappa shape index (κ1) is 18.3. The summed E-state index contributed by atoms with van der Waals surface area (Å²) < 4.78 is 11.1. The summed E-state index contributed by atoms with van der Waals surface area (Å²) in [5.74, 6) is 1.25. The number of ether oxygens (including phenoxy) is 2. The van der Waals surface area contributed by atoms with Crippen molar-refractivity contribution in [3.63, 3.8) is 0 Å². The molecule has 4 heteroatoms. The first-order chi connectivity index (χ1) is 12.6. The van der Waals surface area contributed by atoms with Gasteiger partial charge in [0, 0.05) is 6.07 Å². The molecule has 0 saturated heterocycles. The van der Waals surface area contributed by atoms with Crippen molar-refractivity contribution in [2.24, 2.45) is 0 Å². The van der Waals surface area contributed by atoms with Gasteiger partial charge in [-0.05, 0) is 61.4 Å². The van der Waals surface area contributed by atoms with Crippen LogP contribution in [0.1, 0.15) is 49.4 Å². The fourth-order valence-electron chi connectivity index (χ4n) is 3.41. The summed E-state index contributed by atoms with van der Waals surface area (Å²) in [6, 6.07) is 13.8. The number of hydrogen-bond acceptors (Lipinski definition) is 3. The van der Waals surface area contributed by atoms with Crippen molar-refractivity contribution in [1.29, 1.82) is 0 Å². The van der Waals surface area contributed by atoms with Gasteiger partial charge in [0.05, 0.1) is 13.2 Å². The van der Waals surface area contributed by atoms with Crippen molar-refractivity contribution in [3.8, 4) is 11.5 Å². The Kier molecular flexibility index (Phi) is 5.82. The average Bonchev–Trinajstić information content (AvgIpc) is 3.13. The molecule has 0 heterocycles. The summed E-state index contributed by atoms with van der Waals surface area (Å²) >= 11 is 0. The van der Waals surface area contributed by atoms with Crippen LogP contribution in [0, 0.1) is 0 Å². The molecule has 0 aliphatic heterocycles. The SMILES string of the molecule is CC[C@H](Oc1cccc(OC)c1)C(=O)N[C@H](C)c1ccc2c(c1)CCC2. The molecule has 0 radical (unpaired) electrons. The molecule has 0 unspecified atom stereocenters. The van der Waals surface area contributed by atoms with Crippen molar-refractivity contribution >= 4 is 5.91 Å². The molecule has 2 aromatic rings. The Bertz CT molecular complexity index is 772. The minimum Gasteiger partial charge on any atom is -0.497 e. The summed E-state index contributed by atoms with van der Waals surface area (Å²) in [6.45, 7) is 3.97. The highest BCUT2D eigenvalue weighted by atomic mass is 16.5. The molecule has 0 saturated carbocycles. The number of rotatable bonds is 7. The second-order valence-corrected chi connectivity index (χ2v) is 6.81. The highest BCUT2D eigenvalue weighted by Gasteiger charge is 2.21. The number of methoxy groups -OCH3 is 1. The average molecular weight is 353 g/mol. The van der Waals surface area contributed by atoms with Crippen LogP contribution in [0.3, 0.4) is 0 Å². The number of nitrogens with one attached hydrogen (secondary N) is 1. The van der Waals surface area contributed by atoms with Crippen LogP contribution in [-0.2, 0) is 17.6 Å². The van der Waals surface area contributed by atoms with E-state index in [1.807, 2.05) is 32.0 Å². The fraction of sp³-hybridized carbons (Fsp3) is 0.409. The number of aryl methyl sites for hydroxylation is 2. The number of hydrogen-bond donors (Lipinski definition) is 1. The lowest BCUT2D eigenvalue weighted by Crippen LogP contribution is -2.39. The first-order valence-corrected chi connectivity index (χ1v) is 9.33. The molecule has 0 bridgehead atoms. The van der Waals surface area contributed by atoms with Crippen LogP contribution in [0.4, 0.5) is 0 Å². The number of amides is 1. The van der Waals surface area contributed by atoms with Crippen LogP contribution in [-0.4, -0.2) is 19.1 Å². The minimum absolute atomic E-state index is 0.0450. The van der Waals surface area contributed by atoms with E-state index in [2.05, 4.69) is 23.5 Å². The van der Waals surface area contributed by atoms with E-state index in [0.717, 1.165) is 12.0 Å². The zero-order valence-electron chi connectivity index (χ0n) is 15.7. The molecule has 1 aliphatic carbocycles. The van der Waals surface area contributed by atoms with Gasteiger partial charge in [0.15, 0.2) is 6.10 Å². The lowest BCUT2D eigenvalue weighted by Gasteiger charge is -2.21. The van der Waals surface area contributed by atoms with E-state index in [9.17, 15) is 4.79 Å². The van der Waals surface area contributed by atoms with Gasteiger partial charge in [-0.25, -0.2) is 0 Å². The molecular formula is C22H27NO3. The minimum atomic E-state index is -0.529. The molecule has 4 nitrogen and oxygen atoms in total. The second kappa shape index (κ2) is 8.26. The molecule has 26 heavy (non-hydrogen) atoms. The van der Waals surface area contributed by atoms with E-state index in [0.29, 0.717) is 17.9 Å². The van der Waals surface area contributed by atoms with E-state index < -0.39 is 6.10 Å². The molecule has 3 rings (SSSR count). The van der Waals surface area contributed by atoms with Gasteiger partial charge in [0.1, 0.15) is 11.5 Å². The second-order valence-electron chi connectivity index (χ2n) is 6.81. The van der Waals surface area contributed by atoms with Crippen LogP contribution in [0.2, 0.25) is 0 Å². The van der Waals surface area contributed by atoms with Gasteiger partial charge in [-0.15, -0.1) is 0 Å². The summed E-state index contributed by atoms with van der Waals surface area (Å²) in [7, 11) is 1.61. The van der Waals surface area contributed by atoms with Crippen LogP contribution < -0.4 is 14.8 Å². The maximum Gasteiger partial charge on any atom is 0.261 e. The Hall–Kier alpha value is -2.49. The maximum absolute atomic E-state index is 12.7. The third kappa shape index (κ3) is 4.18. The molecule has 2 atom stereocenters. The van der Waals surface area contributed by atoms with E-state index in [4.69, 9.17) is 9.47 Å². The van der Waals surface area contributed by atoms with E-state index in [1.165, 1.54) is 24.0 Å². The Morgan fingerprint density at radius 1 is 1.12 bits per heavy atom. The van der Waals surface area contributed by atoms with E-state index in [1.54, 1.807) is 13.2 Å². The van der Waals surface area contributed by atoms with Crippen molar-refractivity contribution < 1.29 is 14.3 Å². The quantitative estimate of drug-likeness (QED) is 0.811. The molecular weight excluding hydrogens is 326 g/mol. The third-order valence-corrected chi connectivity index (χ3v) is 4.96. The summed E-state index contributed by atoms with van der Waals surface area (Å²) in [5.41, 5.74) is 4.01. The predicted octanol–water partition coefficient (Wildman–Crippen LogP) is 4.22. The third-order valence-electron chi connectivity index (χ3n) is 4.96. The van der Waals surface area contributed by atoms with Gasteiger partial charge in [0.2, 0.25) is 0 Å². The highest BCUT2D eigenvalue weighted by molar-refractivity contribution is 5.81. The predicted molar refractivity (Wildman–Crippen MR) is 103 cm³/mol. The lowest BCUT2D eigenvalue weighted by atomic mass is 10.0. The van der Waals surface area contributed by atoms with Gasteiger partial charge >= 0.3 is 0 Å². The largest absolute Gasteiger partial charge is 0.497 e. The number of fused-ring (bicyclic) bond motifs is 1. The van der Waals surface area contributed by atoms with Crippen molar-refractivity contribution in [1.82, 2.24) is 5.32 Å². The van der Waals surface area contributed by atoms with Crippen molar-refractivity contribution in [2.75, 3.05) is 7.11 Å². The maximum atomic E-state index is 12.7. The number of benzene rings is 2. The zero-order valence-corrected chi connectivity index (χ0v) is 15.7. The Labute approximate surface area is 155 Å². The lowest BCUT2D eigenvalue weighted by molar-refractivity contribution is -0.128. The first-order valence-electron chi connectivity index (χ1n) is 9.33.